The Balaban J connectivity index is 1.19. The molecular formula is C30H36N9O4P. The number of amides is 1. The minimum Gasteiger partial charge on any atom is -0.464 e. The third-order valence-electron chi connectivity index (χ3n) is 7.77. The number of imidazole rings is 2. The first-order chi connectivity index (χ1) is 21.2. The first-order valence-electron chi connectivity index (χ1n) is 14.7. The Hall–Kier alpha value is -4.35. The van der Waals surface area contributed by atoms with Crippen LogP contribution in [0.15, 0.2) is 43.2 Å². The van der Waals surface area contributed by atoms with E-state index in [-0.39, 0.29) is 30.0 Å². The summed E-state index contributed by atoms with van der Waals surface area (Å²) in [6.45, 7) is 10.4. The van der Waals surface area contributed by atoms with E-state index >= 15 is 0 Å². The molecule has 2 atom stereocenters. The zero-order valence-corrected chi connectivity index (χ0v) is 26.4. The number of nitrogens with one attached hydrogen (secondary N) is 1. The molecule has 1 amide bonds. The first-order valence-corrected chi connectivity index (χ1v) is 15.2. The molecule has 1 fully saturated rings. The largest absolute Gasteiger partial charge is 0.464 e. The summed E-state index contributed by atoms with van der Waals surface area (Å²) in [5.74, 6) is -0.405. The number of anilines is 1. The number of hydrogen-bond donors (Lipinski definition) is 1. The average Bonchev–Trinajstić information content (AvgIpc) is 3.76. The number of carbonyl (C=O) groups is 2. The third kappa shape index (κ3) is 5.89. The van der Waals surface area contributed by atoms with E-state index in [1.807, 2.05) is 34.2 Å². The lowest BCUT2D eigenvalue weighted by molar-refractivity contribution is -0.157. The smallest absolute Gasteiger partial charge is 0.337 e. The SMILES string of the molecule is CCOC(=O)C1CN(c2cc(C(C)C)cn3cc(Cn4cc(C(=O)NCc5ncn6ccc(C)c(P)c56)nn4)nc23)CCO1. The molecule has 0 aliphatic carbocycles. The van der Waals surface area contributed by atoms with Gasteiger partial charge in [-0.15, -0.1) is 14.3 Å². The first kappa shape index (κ1) is 29.7. The normalized spacial score (nSPS) is 15.4. The number of nitrogens with zero attached hydrogens (tertiary/aromatic N) is 8. The van der Waals surface area contributed by atoms with Gasteiger partial charge in [0, 0.05) is 25.1 Å². The van der Waals surface area contributed by atoms with Crippen molar-refractivity contribution in [1.82, 2.24) is 39.1 Å². The predicted molar refractivity (Wildman–Crippen MR) is 167 cm³/mol. The van der Waals surface area contributed by atoms with Gasteiger partial charge in [0.2, 0.25) is 0 Å². The van der Waals surface area contributed by atoms with E-state index in [9.17, 15) is 9.59 Å². The molecule has 6 rings (SSSR count). The standard InChI is InChI=1S/C30H36N9O4P/c1-5-42-30(41)25-16-36(8-9-43-25)24-10-20(18(2)3)12-38-13-21(33-28(24)38)14-39-15-23(34-35-39)29(40)31-11-22-26-27(44)19(4)6-7-37(26)17-32-22/h6-7,10,12-13,15,17-18,25H,5,8-9,11,14,16,44H2,1-4H3,(H,31,40). The van der Waals surface area contributed by atoms with Crippen molar-refractivity contribution in [2.75, 3.05) is 31.2 Å². The number of esters is 1. The molecule has 0 spiro atoms. The van der Waals surface area contributed by atoms with Crippen LogP contribution >= 0.6 is 9.24 Å². The lowest BCUT2D eigenvalue weighted by Crippen LogP contribution is -2.47. The molecule has 1 N–H and O–H groups in total. The van der Waals surface area contributed by atoms with E-state index in [1.165, 1.54) is 0 Å². The molecular weight excluding hydrogens is 581 g/mol. The zero-order chi connectivity index (χ0) is 31.0. The van der Waals surface area contributed by atoms with Crippen molar-refractivity contribution in [3.05, 3.63) is 71.5 Å². The summed E-state index contributed by atoms with van der Waals surface area (Å²) in [6, 6.07) is 4.15. The molecule has 5 aromatic heterocycles. The summed E-state index contributed by atoms with van der Waals surface area (Å²) in [7, 11) is 2.75. The molecule has 0 aromatic carbocycles. The molecule has 6 heterocycles. The zero-order valence-electron chi connectivity index (χ0n) is 25.2. The van der Waals surface area contributed by atoms with Crippen LogP contribution in [0, 0.1) is 6.92 Å². The second kappa shape index (κ2) is 12.3. The number of fused-ring (bicyclic) bond motifs is 2. The summed E-state index contributed by atoms with van der Waals surface area (Å²) in [4.78, 5) is 36.9. The molecule has 1 aliphatic heterocycles. The molecule has 0 bridgehead atoms. The van der Waals surface area contributed by atoms with Gasteiger partial charge in [-0.05, 0) is 48.3 Å². The summed E-state index contributed by atoms with van der Waals surface area (Å²) < 4.78 is 16.5. The van der Waals surface area contributed by atoms with E-state index in [0.717, 1.165) is 44.7 Å². The van der Waals surface area contributed by atoms with Gasteiger partial charge in [0.25, 0.3) is 5.91 Å². The van der Waals surface area contributed by atoms with Crippen LogP contribution in [-0.2, 0) is 27.4 Å². The number of ether oxygens (including phenoxy) is 2. The van der Waals surface area contributed by atoms with Gasteiger partial charge < -0.3 is 28.5 Å². The number of aromatic nitrogens is 7. The monoisotopic (exact) mass is 617 g/mol. The number of rotatable bonds is 9. The topological polar surface area (TPSA) is 133 Å². The fourth-order valence-electron chi connectivity index (χ4n) is 5.33. The molecule has 2 unspecified atom stereocenters. The predicted octanol–water partition coefficient (Wildman–Crippen LogP) is 2.25. The van der Waals surface area contributed by atoms with Crippen molar-refractivity contribution >= 4 is 43.3 Å². The highest BCUT2D eigenvalue weighted by Gasteiger charge is 2.29. The highest BCUT2D eigenvalue weighted by Crippen LogP contribution is 2.29. The summed E-state index contributed by atoms with van der Waals surface area (Å²) >= 11 is 0. The minimum absolute atomic E-state index is 0.209. The van der Waals surface area contributed by atoms with Crippen molar-refractivity contribution in [1.29, 1.82) is 0 Å². The highest BCUT2D eigenvalue weighted by atomic mass is 31.0. The molecule has 5 aromatic rings. The van der Waals surface area contributed by atoms with Crippen LogP contribution in [0.5, 0.6) is 0 Å². The van der Waals surface area contributed by atoms with Crippen LogP contribution in [0.1, 0.15) is 59.7 Å². The van der Waals surface area contributed by atoms with Crippen molar-refractivity contribution in [3.63, 3.8) is 0 Å². The quantitative estimate of drug-likeness (QED) is 0.195. The Morgan fingerprint density at radius 1 is 1.23 bits per heavy atom. The molecule has 230 valence electrons. The van der Waals surface area contributed by atoms with Crippen LogP contribution < -0.4 is 15.5 Å². The number of pyridine rings is 2. The van der Waals surface area contributed by atoms with Crippen molar-refractivity contribution in [2.45, 2.75) is 52.8 Å². The number of carbonyl (C=O) groups excluding carboxylic acids is 2. The van der Waals surface area contributed by atoms with Crippen molar-refractivity contribution < 1.29 is 19.1 Å². The number of morpholine rings is 1. The summed E-state index contributed by atoms with van der Waals surface area (Å²) in [5.41, 5.74) is 6.66. The lowest BCUT2D eigenvalue weighted by atomic mass is 10.0. The van der Waals surface area contributed by atoms with Gasteiger partial charge >= 0.3 is 5.97 Å². The Morgan fingerprint density at radius 2 is 2.07 bits per heavy atom. The van der Waals surface area contributed by atoms with Gasteiger partial charge in [-0.2, -0.15) is 0 Å². The van der Waals surface area contributed by atoms with Crippen LogP contribution in [0.3, 0.4) is 0 Å². The van der Waals surface area contributed by atoms with E-state index in [2.05, 4.69) is 60.9 Å². The number of aryl methyl sites for hydroxylation is 1. The maximum atomic E-state index is 12.9. The third-order valence-corrected chi connectivity index (χ3v) is 8.50. The maximum Gasteiger partial charge on any atom is 0.337 e. The highest BCUT2D eigenvalue weighted by molar-refractivity contribution is 7.28. The summed E-state index contributed by atoms with van der Waals surface area (Å²) in [5, 5.41) is 12.2. The van der Waals surface area contributed by atoms with E-state index < -0.39 is 6.10 Å². The van der Waals surface area contributed by atoms with E-state index in [0.29, 0.717) is 32.8 Å². The Bertz CT molecular complexity index is 1840. The van der Waals surface area contributed by atoms with Gasteiger partial charge in [-0.25, -0.2) is 19.4 Å². The van der Waals surface area contributed by atoms with Crippen molar-refractivity contribution in [2.24, 2.45) is 0 Å². The lowest BCUT2D eigenvalue weighted by Gasteiger charge is -2.33. The Kier molecular flexibility index (Phi) is 8.33. The van der Waals surface area contributed by atoms with Crippen LogP contribution in [-0.4, -0.2) is 78.0 Å². The van der Waals surface area contributed by atoms with E-state index in [4.69, 9.17) is 14.5 Å². The molecule has 0 saturated carbocycles. The average molecular weight is 618 g/mol. The molecule has 13 nitrogen and oxygen atoms in total. The van der Waals surface area contributed by atoms with Gasteiger partial charge in [0.05, 0.1) is 68.0 Å². The fourth-order valence-corrected chi connectivity index (χ4v) is 5.74. The molecule has 0 radical (unpaired) electrons. The van der Waals surface area contributed by atoms with Gasteiger partial charge in [0.15, 0.2) is 17.4 Å². The Morgan fingerprint density at radius 3 is 2.86 bits per heavy atom. The Labute approximate surface area is 256 Å². The molecule has 1 aliphatic rings. The van der Waals surface area contributed by atoms with Crippen molar-refractivity contribution in [3.8, 4) is 0 Å². The fraction of sp³-hybridized carbons (Fsp3) is 0.400. The number of hydrogen-bond acceptors (Lipinski definition) is 9. The van der Waals surface area contributed by atoms with Gasteiger partial charge in [-0.1, -0.05) is 19.1 Å². The molecule has 44 heavy (non-hydrogen) atoms. The van der Waals surface area contributed by atoms with E-state index in [1.54, 1.807) is 24.1 Å². The maximum absolute atomic E-state index is 12.9. The van der Waals surface area contributed by atoms with Crippen LogP contribution in [0.4, 0.5) is 5.69 Å². The summed E-state index contributed by atoms with van der Waals surface area (Å²) in [6.07, 6.45) is 8.69. The van der Waals surface area contributed by atoms with Crippen LogP contribution in [0.25, 0.3) is 11.2 Å². The second-order valence-corrected chi connectivity index (χ2v) is 11.8. The van der Waals surface area contributed by atoms with Crippen LogP contribution in [0.2, 0.25) is 0 Å². The molecule has 14 heteroatoms. The molecule has 1 saturated heterocycles. The minimum atomic E-state index is -0.653. The second-order valence-electron chi connectivity index (χ2n) is 11.2. The van der Waals surface area contributed by atoms with Gasteiger partial charge in [-0.3, -0.25) is 4.79 Å². The van der Waals surface area contributed by atoms with Gasteiger partial charge in [0.1, 0.15) is 0 Å².